The molecule has 2 aromatic rings. The summed E-state index contributed by atoms with van der Waals surface area (Å²) in [5.41, 5.74) is 2.36. The van der Waals surface area contributed by atoms with E-state index in [0.717, 1.165) is 43.3 Å². The summed E-state index contributed by atoms with van der Waals surface area (Å²) in [6, 6.07) is 10.1. The SMILES string of the molecule is CCOc1ccccc1N1CCN(Cn2nc(C)c(C)c(C#N)c2=O)CC1. The number of rotatable bonds is 5. The third-order valence-electron chi connectivity index (χ3n) is 4.96. The van der Waals surface area contributed by atoms with Crippen molar-refractivity contribution < 1.29 is 4.74 Å². The van der Waals surface area contributed by atoms with Crippen LogP contribution in [0.25, 0.3) is 0 Å². The molecule has 3 rings (SSSR count). The molecule has 0 spiro atoms. The van der Waals surface area contributed by atoms with Gasteiger partial charge in [-0.25, -0.2) is 4.68 Å². The maximum Gasteiger partial charge on any atom is 0.286 e. The largest absolute Gasteiger partial charge is 0.492 e. The summed E-state index contributed by atoms with van der Waals surface area (Å²) < 4.78 is 7.14. The van der Waals surface area contributed by atoms with E-state index >= 15 is 0 Å². The van der Waals surface area contributed by atoms with Crippen molar-refractivity contribution in [3.05, 3.63) is 51.4 Å². The third-order valence-corrected chi connectivity index (χ3v) is 4.96. The Bertz CT molecular complexity index is 908. The zero-order valence-corrected chi connectivity index (χ0v) is 16.1. The molecule has 27 heavy (non-hydrogen) atoms. The highest BCUT2D eigenvalue weighted by molar-refractivity contribution is 5.58. The summed E-state index contributed by atoms with van der Waals surface area (Å²) in [5.74, 6) is 0.902. The normalized spacial score (nSPS) is 14.8. The van der Waals surface area contributed by atoms with Crippen LogP contribution in [0.1, 0.15) is 23.7 Å². The topological polar surface area (TPSA) is 74.4 Å². The highest BCUT2D eigenvalue weighted by Gasteiger charge is 2.21. The van der Waals surface area contributed by atoms with Gasteiger partial charge in [0.05, 0.1) is 24.7 Å². The number of hydrogen-bond donors (Lipinski definition) is 0. The smallest absolute Gasteiger partial charge is 0.286 e. The predicted octanol–water partition coefficient (Wildman–Crippen LogP) is 1.91. The van der Waals surface area contributed by atoms with Crippen molar-refractivity contribution in [1.29, 1.82) is 5.26 Å². The minimum Gasteiger partial charge on any atom is -0.492 e. The lowest BCUT2D eigenvalue weighted by atomic mass is 10.1. The number of aryl methyl sites for hydroxylation is 1. The van der Waals surface area contributed by atoms with E-state index in [4.69, 9.17) is 4.74 Å². The Morgan fingerprint density at radius 3 is 2.56 bits per heavy atom. The van der Waals surface area contributed by atoms with Crippen LogP contribution in [0.4, 0.5) is 5.69 Å². The van der Waals surface area contributed by atoms with Gasteiger partial charge < -0.3 is 9.64 Å². The third kappa shape index (κ3) is 3.96. The molecule has 0 N–H and O–H groups in total. The highest BCUT2D eigenvalue weighted by Crippen LogP contribution is 2.28. The molecule has 1 aliphatic rings. The molecule has 1 aromatic carbocycles. The molecule has 0 aliphatic carbocycles. The van der Waals surface area contributed by atoms with Gasteiger partial charge in [-0.1, -0.05) is 12.1 Å². The second kappa shape index (κ2) is 8.23. The molecule has 7 nitrogen and oxygen atoms in total. The minimum atomic E-state index is -0.315. The zero-order chi connectivity index (χ0) is 19.4. The van der Waals surface area contributed by atoms with E-state index in [1.54, 1.807) is 6.92 Å². The van der Waals surface area contributed by atoms with Crippen LogP contribution in [0, 0.1) is 25.2 Å². The molecule has 7 heteroatoms. The maximum atomic E-state index is 12.5. The Morgan fingerprint density at radius 2 is 1.89 bits per heavy atom. The van der Waals surface area contributed by atoms with E-state index < -0.39 is 0 Å². The van der Waals surface area contributed by atoms with Gasteiger partial charge in [-0.2, -0.15) is 10.4 Å². The van der Waals surface area contributed by atoms with Crippen LogP contribution in [-0.4, -0.2) is 47.5 Å². The van der Waals surface area contributed by atoms with Crippen LogP contribution in [0.2, 0.25) is 0 Å². The molecule has 0 saturated carbocycles. The summed E-state index contributed by atoms with van der Waals surface area (Å²) in [6.45, 7) is 9.92. The summed E-state index contributed by atoms with van der Waals surface area (Å²) >= 11 is 0. The second-order valence-corrected chi connectivity index (χ2v) is 6.65. The molecule has 1 fully saturated rings. The molecule has 1 saturated heterocycles. The number of nitrogens with zero attached hydrogens (tertiary/aromatic N) is 5. The lowest BCUT2D eigenvalue weighted by Crippen LogP contribution is -2.48. The van der Waals surface area contributed by atoms with Crippen LogP contribution >= 0.6 is 0 Å². The number of piperazine rings is 1. The Morgan fingerprint density at radius 1 is 1.19 bits per heavy atom. The van der Waals surface area contributed by atoms with Gasteiger partial charge in [-0.15, -0.1) is 0 Å². The molecule has 0 bridgehead atoms. The first-order valence-corrected chi connectivity index (χ1v) is 9.22. The van der Waals surface area contributed by atoms with Crippen molar-refractivity contribution in [2.24, 2.45) is 0 Å². The summed E-state index contributed by atoms with van der Waals surface area (Å²) in [7, 11) is 0. The fourth-order valence-corrected chi connectivity index (χ4v) is 3.31. The van der Waals surface area contributed by atoms with E-state index in [9.17, 15) is 10.1 Å². The number of benzene rings is 1. The van der Waals surface area contributed by atoms with Gasteiger partial charge in [0, 0.05) is 26.2 Å². The molecule has 2 heterocycles. The average Bonchev–Trinajstić information content (AvgIpc) is 2.68. The van der Waals surface area contributed by atoms with Crippen LogP contribution < -0.4 is 15.2 Å². The molecular weight excluding hydrogens is 342 g/mol. The first-order chi connectivity index (χ1) is 13.0. The molecule has 0 atom stereocenters. The number of aromatic nitrogens is 2. The predicted molar refractivity (Wildman–Crippen MR) is 104 cm³/mol. The molecule has 142 valence electrons. The fourth-order valence-electron chi connectivity index (χ4n) is 3.31. The summed E-state index contributed by atoms with van der Waals surface area (Å²) in [4.78, 5) is 17.0. The van der Waals surface area contributed by atoms with Crippen molar-refractivity contribution in [1.82, 2.24) is 14.7 Å². The van der Waals surface area contributed by atoms with Crippen LogP contribution in [0.15, 0.2) is 29.1 Å². The molecular formula is C20H25N5O2. The van der Waals surface area contributed by atoms with Gasteiger partial charge in [0.2, 0.25) is 0 Å². The molecule has 1 aromatic heterocycles. The minimum absolute atomic E-state index is 0.187. The monoisotopic (exact) mass is 367 g/mol. The lowest BCUT2D eigenvalue weighted by molar-refractivity contribution is 0.190. The Hall–Kier alpha value is -2.85. The van der Waals surface area contributed by atoms with Gasteiger partial charge in [-0.3, -0.25) is 9.69 Å². The van der Waals surface area contributed by atoms with E-state index in [0.29, 0.717) is 18.8 Å². The number of nitriles is 1. The van der Waals surface area contributed by atoms with Gasteiger partial charge >= 0.3 is 0 Å². The van der Waals surface area contributed by atoms with Gasteiger partial charge in [0.15, 0.2) is 0 Å². The van der Waals surface area contributed by atoms with Crippen LogP contribution in [0.3, 0.4) is 0 Å². The van der Waals surface area contributed by atoms with Crippen molar-refractivity contribution in [3.63, 3.8) is 0 Å². The average molecular weight is 367 g/mol. The maximum absolute atomic E-state index is 12.5. The van der Waals surface area contributed by atoms with Gasteiger partial charge in [0.1, 0.15) is 17.4 Å². The van der Waals surface area contributed by atoms with E-state index in [-0.39, 0.29) is 11.1 Å². The van der Waals surface area contributed by atoms with Crippen molar-refractivity contribution in [2.75, 3.05) is 37.7 Å². The number of ether oxygens (including phenoxy) is 1. The van der Waals surface area contributed by atoms with E-state index in [1.165, 1.54) is 4.68 Å². The molecule has 0 unspecified atom stereocenters. The van der Waals surface area contributed by atoms with Crippen LogP contribution in [-0.2, 0) is 6.67 Å². The van der Waals surface area contributed by atoms with Crippen molar-refractivity contribution >= 4 is 5.69 Å². The summed E-state index contributed by atoms with van der Waals surface area (Å²) in [5, 5.41) is 13.6. The lowest BCUT2D eigenvalue weighted by Gasteiger charge is -2.36. The van der Waals surface area contributed by atoms with E-state index in [1.807, 2.05) is 38.1 Å². The van der Waals surface area contributed by atoms with Crippen molar-refractivity contribution in [3.8, 4) is 11.8 Å². The summed E-state index contributed by atoms with van der Waals surface area (Å²) in [6.07, 6.45) is 0. The van der Waals surface area contributed by atoms with Crippen molar-refractivity contribution in [2.45, 2.75) is 27.4 Å². The first-order valence-electron chi connectivity index (χ1n) is 9.22. The van der Waals surface area contributed by atoms with E-state index in [2.05, 4.69) is 21.0 Å². The quantitative estimate of drug-likeness (QED) is 0.804. The van der Waals surface area contributed by atoms with Gasteiger partial charge in [0.25, 0.3) is 5.56 Å². The Balaban J connectivity index is 1.70. The molecule has 1 aliphatic heterocycles. The zero-order valence-electron chi connectivity index (χ0n) is 16.1. The number of para-hydroxylation sites is 2. The van der Waals surface area contributed by atoms with Gasteiger partial charge in [-0.05, 0) is 38.5 Å². The van der Waals surface area contributed by atoms with Crippen LogP contribution in [0.5, 0.6) is 5.75 Å². The Kier molecular flexibility index (Phi) is 5.77. The highest BCUT2D eigenvalue weighted by atomic mass is 16.5. The number of anilines is 1. The molecule has 0 radical (unpaired) electrons. The fraction of sp³-hybridized carbons (Fsp3) is 0.450. The Labute approximate surface area is 159 Å². The molecule has 0 amide bonds. The second-order valence-electron chi connectivity index (χ2n) is 6.65. The standard InChI is InChI=1S/C20H25N5O2/c1-4-27-19-8-6-5-7-18(19)24-11-9-23(10-12-24)14-25-20(26)17(13-21)15(2)16(3)22-25/h5-8H,4,9-12,14H2,1-3H3. The first kappa shape index (κ1) is 18.9. The number of hydrogen-bond acceptors (Lipinski definition) is 6.